The molecule has 1 aliphatic rings. The molecule has 0 atom stereocenters. The molecule has 1 aromatic heterocycles. The minimum Gasteiger partial charge on any atom is -0.370 e. The Hall–Kier alpha value is -0.770. The molecule has 2 rings (SSSR count). The molecule has 19 heavy (non-hydrogen) atoms. The summed E-state index contributed by atoms with van der Waals surface area (Å²) < 4.78 is 0. The first kappa shape index (κ1) is 14.6. The molecule has 0 bridgehead atoms. The van der Waals surface area contributed by atoms with Crippen LogP contribution in [0.2, 0.25) is 0 Å². The Balaban J connectivity index is 2.21. The molecule has 1 aromatic rings. The third-order valence-corrected chi connectivity index (χ3v) is 4.56. The fourth-order valence-electron chi connectivity index (χ4n) is 2.51. The molecular weight excluding hydrogens is 254 g/mol. The van der Waals surface area contributed by atoms with Gasteiger partial charge in [0, 0.05) is 17.8 Å². The van der Waals surface area contributed by atoms with Gasteiger partial charge in [-0.2, -0.15) is 11.8 Å². The van der Waals surface area contributed by atoms with Crippen molar-refractivity contribution in [2.75, 3.05) is 17.6 Å². The van der Waals surface area contributed by atoms with E-state index >= 15 is 0 Å². The van der Waals surface area contributed by atoms with Crippen molar-refractivity contribution in [3.63, 3.8) is 0 Å². The average Bonchev–Trinajstić information content (AvgIpc) is 2.65. The molecule has 0 fully saturated rings. The van der Waals surface area contributed by atoms with E-state index in [0.717, 1.165) is 36.8 Å². The first-order chi connectivity index (χ1) is 9.35. The fraction of sp³-hybridized carbons (Fsp3) is 0.733. The lowest BCUT2D eigenvalue weighted by atomic mass is 10.1. The lowest BCUT2D eigenvalue weighted by Crippen LogP contribution is -2.10. The Morgan fingerprint density at radius 2 is 1.95 bits per heavy atom. The second-order valence-electron chi connectivity index (χ2n) is 5.06. The van der Waals surface area contributed by atoms with E-state index in [1.165, 1.54) is 42.7 Å². The summed E-state index contributed by atoms with van der Waals surface area (Å²) in [6, 6.07) is 0. The van der Waals surface area contributed by atoms with Gasteiger partial charge in [-0.25, -0.2) is 9.97 Å². The Bertz CT molecular complexity index is 407. The van der Waals surface area contributed by atoms with Crippen molar-refractivity contribution in [2.24, 2.45) is 0 Å². The number of anilines is 1. The average molecular weight is 279 g/mol. The van der Waals surface area contributed by atoms with Crippen molar-refractivity contribution in [3.05, 3.63) is 17.1 Å². The molecule has 0 aliphatic heterocycles. The molecule has 0 aromatic carbocycles. The van der Waals surface area contributed by atoms with E-state index in [0.29, 0.717) is 0 Å². The molecule has 3 nitrogen and oxygen atoms in total. The number of aromatic nitrogens is 2. The minimum atomic E-state index is 0.936. The maximum absolute atomic E-state index is 4.82. The first-order valence-electron chi connectivity index (χ1n) is 7.55. The summed E-state index contributed by atoms with van der Waals surface area (Å²) in [5.41, 5.74) is 2.68. The normalized spacial score (nSPS) is 14.8. The highest BCUT2D eigenvalue weighted by Crippen LogP contribution is 2.25. The number of hydrogen-bond donors (Lipinski definition) is 1. The quantitative estimate of drug-likeness (QED) is 0.634. The SMILES string of the molecule is CCCSCc1nc2c(c(NCC)n1)CCCCC2. The van der Waals surface area contributed by atoms with Crippen LogP contribution in [0.1, 0.15) is 56.6 Å². The number of aryl methyl sites for hydroxylation is 1. The van der Waals surface area contributed by atoms with Crippen molar-refractivity contribution < 1.29 is 0 Å². The first-order valence-corrected chi connectivity index (χ1v) is 8.70. The summed E-state index contributed by atoms with van der Waals surface area (Å²) in [4.78, 5) is 9.56. The van der Waals surface area contributed by atoms with Gasteiger partial charge in [0.1, 0.15) is 11.6 Å². The summed E-state index contributed by atoms with van der Waals surface area (Å²) in [6.07, 6.45) is 7.36. The van der Waals surface area contributed by atoms with Crippen LogP contribution in [0.15, 0.2) is 0 Å². The molecule has 1 N–H and O–H groups in total. The maximum atomic E-state index is 4.82. The Kier molecular flexibility index (Phi) is 5.95. The lowest BCUT2D eigenvalue weighted by Gasteiger charge is -2.14. The summed E-state index contributed by atoms with van der Waals surface area (Å²) in [5, 5.41) is 3.43. The largest absolute Gasteiger partial charge is 0.370 e. The van der Waals surface area contributed by atoms with Gasteiger partial charge in [0.05, 0.1) is 5.75 Å². The zero-order valence-corrected chi connectivity index (χ0v) is 13.0. The molecule has 0 saturated heterocycles. The molecular formula is C15H25N3S. The van der Waals surface area contributed by atoms with Crippen molar-refractivity contribution >= 4 is 17.6 Å². The second-order valence-corrected chi connectivity index (χ2v) is 6.16. The third-order valence-electron chi connectivity index (χ3n) is 3.40. The van der Waals surface area contributed by atoms with E-state index in [2.05, 4.69) is 19.2 Å². The van der Waals surface area contributed by atoms with Crippen LogP contribution >= 0.6 is 11.8 Å². The van der Waals surface area contributed by atoms with Gasteiger partial charge in [-0.3, -0.25) is 0 Å². The predicted molar refractivity (Wildman–Crippen MR) is 83.9 cm³/mol. The van der Waals surface area contributed by atoms with Crippen molar-refractivity contribution in [1.82, 2.24) is 9.97 Å². The molecule has 4 heteroatoms. The van der Waals surface area contributed by atoms with Crippen molar-refractivity contribution in [2.45, 2.75) is 58.1 Å². The zero-order valence-electron chi connectivity index (χ0n) is 12.2. The number of nitrogens with zero attached hydrogens (tertiary/aromatic N) is 2. The number of fused-ring (bicyclic) bond motifs is 1. The van der Waals surface area contributed by atoms with E-state index in [9.17, 15) is 0 Å². The van der Waals surface area contributed by atoms with Crippen molar-refractivity contribution in [3.8, 4) is 0 Å². The van der Waals surface area contributed by atoms with E-state index in [1.54, 1.807) is 0 Å². The van der Waals surface area contributed by atoms with Crippen LogP contribution in [0.25, 0.3) is 0 Å². The Morgan fingerprint density at radius 3 is 2.74 bits per heavy atom. The van der Waals surface area contributed by atoms with Crippen LogP contribution in [0.4, 0.5) is 5.82 Å². The molecule has 1 heterocycles. The van der Waals surface area contributed by atoms with Crippen LogP contribution in [-0.4, -0.2) is 22.3 Å². The van der Waals surface area contributed by atoms with E-state index in [4.69, 9.17) is 9.97 Å². The monoisotopic (exact) mass is 279 g/mol. The standard InChI is InChI=1S/C15H25N3S/c1-3-10-19-11-14-17-13-9-7-5-6-8-12(13)15(18-14)16-4-2/h3-11H2,1-2H3,(H,16,17,18). The van der Waals surface area contributed by atoms with Crippen LogP contribution in [-0.2, 0) is 18.6 Å². The molecule has 0 radical (unpaired) electrons. The topological polar surface area (TPSA) is 37.8 Å². The van der Waals surface area contributed by atoms with Gasteiger partial charge >= 0.3 is 0 Å². The second kappa shape index (κ2) is 7.73. The van der Waals surface area contributed by atoms with Gasteiger partial charge in [0.15, 0.2) is 0 Å². The number of nitrogens with one attached hydrogen (secondary N) is 1. The van der Waals surface area contributed by atoms with Gasteiger partial charge in [0.2, 0.25) is 0 Å². The molecule has 0 unspecified atom stereocenters. The highest BCUT2D eigenvalue weighted by Gasteiger charge is 2.16. The summed E-state index contributed by atoms with van der Waals surface area (Å²) in [6.45, 7) is 5.29. The molecule has 0 saturated carbocycles. The Labute approximate surface area is 121 Å². The summed E-state index contributed by atoms with van der Waals surface area (Å²) in [5.74, 6) is 4.24. The summed E-state index contributed by atoms with van der Waals surface area (Å²) in [7, 11) is 0. The number of rotatable bonds is 6. The van der Waals surface area contributed by atoms with Crippen LogP contribution in [0.5, 0.6) is 0 Å². The van der Waals surface area contributed by atoms with Gasteiger partial charge in [-0.05, 0) is 44.8 Å². The lowest BCUT2D eigenvalue weighted by molar-refractivity contribution is 0.708. The maximum Gasteiger partial charge on any atom is 0.140 e. The highest BCUT2D eigenvalue weighted by atomic mass is 32.2. The fourth-order valence-corrected chi connectivity index (χ4v) is 3.25. The van der Waals surface area contributed by atoms with E-state index < -0.39 is 0 Å². The van der Waals surface area contributed by atoms with E-state index in [-0.39, 0.29) is 0 Å². The van der Waals surface area contributed by atoms with Crippen LogP contribution in [0.3, 0.4) is 0 Å². The smallest absolute Gasteiger partial charge is 0.140 e. The minimum absolute atomic E-state index is 0.936. The number of thioether (sulfide) groups is 1. The van der Waals surface area contributed by atoms with Gasteiger partial charge in [-0.1, -0.05) is 13.3 Å². The number of hydrogen-bond acceptors (Lipinski definition) is 4. The van der Waals surface area contributed by atoms with Crippen LogP contribution in [0, 0.1) is 0 Å². The Morgan fingerprint density at radius 1 is 1.11 bits per heavy atom. The molecule has 0 spiro atoms. The van der Waals surface area contributed by atoms with Gasteiger partial charge in [0.25, 0.3) is 0 Å². The summed E-state index contributed by atoms with van der Waals surface area (Å²) >= 11 is 1.94. The van der Waals surface area contributed by atoms with Crippen LogP contribution < -0.4 is 5.32 Å². The zero-order chi connectivity index (χ0) is 13.5. The van der Waals surface area contributed by atoms with Crippen molar-refractivity contribution in [1.29, 1.82) is 0 Å². The molecule has 0 amide bonds. The van der Waals surface area contributed by atoms with Gasteiger partial charge < -0.3 is 5.32 Å². The van der Waals surface area contributed by atoms with Gasteiger partial charge in [-0.15, -0.1) is 0 Å². The molecule has 1 aliphatic carbocycles. The molecule has 106 valence electrons. The van der Waals surface area contributed by atoms with E-state index in [1.807, 2.05) is 11.8 Å². The predicted octanol–water partition coefficient (Wildman–Crippen LogP) is 3.82. The highest BCUT2D eigenvalue weighted by molar-refractivity contribution is 7.98. The third kappa shape index (κ3) is 4.10.